The zero-order valence-electron chi connectivity index (χ0n) is 9.02. The Morgan fingerprint density at radius 1 is 1.20 bits per heavy atom. The minimum Gasteiger partial charge on any atom is -0.497 e. The maximum absolute atomic E-state index is 10.7. The van der Waals surface area contributed by atoms with E-state index in [1.165, 1.54) is 14.2 Å². The molecular weight excluding hydrogens is 196 g/mol. The van der Waals surface area contributed by atoms with E-state index in [0.29, 0.717) is 17.1 Å². The maximum atomic E-state index is 10.7. The number of rotatable bonds is 5. The van der Waals surface area contributed by atoms with Crippen LogP contribution in [0.1, 0.15) is 11.7 Å². The van der Waals surface area contributed by atoms with Crippen molar-refractivity contribution in [2.75, 3.05) is 21.3 Å². The summed E-state index contributed by atoms with van der Waals surface area (Å²) in [4.78, 5) is 10.7. The van der Waals surface area contributed by atoms with Crippen LogP contribution in [-0.2, 0) is 9.53 Å². The lowest BCUT2D eigenvalue weighted by Gasteiger charge is -2.14. The SMILES string of the molecule is COc1ccc(C(C=O)OC)c(OC)c1. The average Bonchev–Trinajstić information content (AvgIpc) is 2.31. The van der Waals surface area contributed by atoms with E-state index in [9.17, 15) is 4.79 Å². The van der Waals surface area contributed by atoms with Gasteiger partial charge in [-0.3, -0.25) is 0 Å². The number of aldehydes is 1. The van der Waals surface area contributed by atoms with Gasteiger partial charge >= 0.3 is 0 Å². The van der Waals surface area contributed by atoms with Gasteiger partial charge in [0.2, 0.25) is 0 Å². The highest BCUT2D eigenvalue weighted by molar-refractivity contribution is 5.63. The highest BCUT2D eigenvalue weighted by atomic mass is 16.5. The maximum Gasteiger partial charge on any atom is 0.153 e. The Hall–Kier alpha value is -1.55. The Morgan fingerprint density at radius 3 is 2.40 bits per heavy atom. The number of methoxy groups -OCH3 is 3. The molecule has 0 spiro atoms. The Labute approximate surface area is 88.8 Å². The van der Waals surface area contributed by atoms with Crippen LogP contribution in [-0.4, -0.2) is 27.6 Å². The fourth-order valence-electron chi connectivity index (χ4n) is 1.31. The van der Waals surface area contributed by atoms with Gasteiger partial charge in [-0.15, -0.1) is 0 Å². The molecule has 0 amide bonds. The number of carbonyl (C=O) groups excluding carboxylic acids is 1. The summed E-state index contributed by atoms with van der Waals surface area (Å²) >= 11 is 0. The van der Waals surface area contributed by atoms with Crippen molar-refractivity contribution in [1.82, 2.24) is 0 Å². The van der Waals surface area contributed by atoms with E-state index < -0.39 is 6.10 Å². The fraction of sp³-hybridized carbons (Fsp3) is 0.364. The highest BCUT2D eigenvalue weighted by Gasteiger charge is 2.15. The van der Waals surface area contributed by atoms with Crippen molar-refractivity contribution in [1.29, 1.82) is 0 Å². The lowest BCUT2D eigenvalue weighted by Crippen LogP contribution is -2.05. The molecule has 0 fully saturated rings. The van der Waals surface area contributed by atoms with E-state index in [2.05, 4.69) is 0 Å². The van der Waals surface area contributed by atoms with E-state index in [-0.39, 0.29) is 0 Å². The van der Waals surface area contributed by atoms with Gasteiger partial charge in [0.25, 0.3) is 0 Å². The monoisotopic (exact) mass is 210 g/mol. The first-order chi connectivity index (χ1) is 7.26. The van der Waals surface area contributed by atoms with Crippen molar-refractivity contribution in [3.05, 3.63) is 23.8 Å². The average molecular weight is 210 g/mol. The summed E-state index contributed by atoms with van der Waals surface area (Å²) in [5, 5.41) is 0. The number of carbonyl (C=O) groups is 1. The summed E-state index contributed by atoms with van der Waals surface area (Å²) in [6.45, 7) is 0. The number of ether oxygens (including phenoxy) is 3. The zero-order chi connectivity index (χ0) is 11.3. The van der Waals surface area contributed by atoms with E-state index in [4.69, 9.17) is 14.2 Å². The lowest BCUT2D eigenvalue weighted by molar-refractivity contribution is -0.116. The van der Waals surface area contributed by atoms with Gasteiger partial charge in [-0.2, -0.15) is 0 Å². The van der Waals surface area contributed by atoms with Crippen LogP contribution in [0.15, 0.2) is 18.2 Å². The van der Waals surface area contributed by atoms with Gasteiger partial charge in [0.05, 0.1) is 14.2 Å². The molecule has 0 saturated carbocycles. The summed E-state index contributed by atoms with van der Waals surface area (Å²) < 4.78 is 15.2. The zero-order valence-corrected chi connectivity index (χ0v) is 9.02. The Morgan fingerprint density at radius 2 is 1.93 bits per heavy atom. The summed E-state index contributed by atoms with van der Waals surface area (Å²) in [5.41, 5.74) is 0.691. The third-order valence-corrected chi connectivity index (χ3v) is 2.12. The molecule has 1 rings (SSSR count). The van der Waals surface area contributed by atoms with Crippen LogP contribution in [0.3, 0.4) is 0 Å². The van der Waals surface area contributed by atoms with Gasteiger partial charge in [0.15, 0.2) is 6.29 Å². The van der Waals surface area contributed by atoms with E-state index in [0.717, 1.165) is 6.29 Å². The molecule has 0 aliphatic carbocycles. The molecule has 1 unspecified atom stereocenters. The van der Waals surface area contributed by atoms with E-state index in [1.807, 2.05) is 0 Å². The second-order valence-corrected chi connectivity index (χ2v) is 2.90. The van der Waals surface area contributed by atoms with E-state index >= 15 is 0 Å². The summed E-state index contributed by atoms with van der Waals surface area (Å²) in [5.74, 6) is 1.25. The Kier molecular flexibility index (Phi) is 4.12. The largest absolute Gasteiger partial charge is 0.497 e. The fourth-order valence-corrected chi connectivity index (χ4v) is 1.31. The molecule has 0 radical (unpaired) electrons. The summed E-state index contributed by atoms with van der Waals surface area (Å²) in [7, 11) is 4.58. The van der Waals surface area contributed by atoms with Gasteiger partial charge in [-0.25, -0.2) is 0 Å². The Bertz CT molecular complexity index is 335. The molecule has 0 aliphatic rings. The number of benzene rings is 1. The normalized spacial score (nSPS) is 11.9. The molecular formula is C11H14O4. The first kappa shape index (κ1) is 11.5. The predicted molar refractivity (Wildman–Crippen MR) is 55.4 cm³/mol. The number of hydrogen-bond acceptors (Lipinski definition) is 4. The van der Waals surface area contributed by atoms with Crippen LogP contribution in [0.5, 0.6) is 11.5 Å². The molecule has 0 N–H and O–H groups in total. The van der Waals surface area contributed by atoms with Crippen molar-refractivity contribution in [2.45, 2.75) is 6.10 Å². The molecule has 4 nitrogen and oxygen atoms in total. The van der Waals surface area contributed by atoms with Crippen LogP contribution < -0.4 is 9.47 Å². The molecule has 0 bridgehead atoms. The van der Waals surface area contributed by atoms with Crippen molar-refractivity contribution >= 4 is 6.29 Å². The third kappa shape index (κ3) is 2.47. The smallest absolute Gasteiger partial charge is 0.153 e. The predicted octanol–water partition coefficient (Wildman–Crippen LogP) is 1.59. The molecule has 0 saturated heterocycles. The van der Waals surface area contributed by atoms with Crippen molar-refractivity contribution in [2.24, 2.45) is 0 Å². The van der Waals surface area contributed by atoms with Gasteiger partial charge in [0, 0.05) is 18.7 Å². The van der Waals surface area contributed by atoms with Crippen molar-refractivity contribution in [3.63, 3.8) is 0 Å². The standard InChI is InChI=1S/C11H14O4/c1-13-8-4-5-9(10(6-8)14-2)11(7-12)15-3/h4-7,11H,1-3H3. The van der Waals surface area contributed by atoms with E-state index in [1.54, 1.807) is 25.3 Å². The lowest BCUT2D eigenvalue weighted by atomic mass is 10.1. The van der Waals surface area contributed by atoms with Gasteiger partial charge < -0.3 is 19.0 Å². The van der Waals surface area contributed by atoms with Gasteiger partial charge in [-0.05, 0) is 12.1 Å². The van der Waals surface area contributed by atoms with Gasteiger partial charge in [-0.1, -0.05) is 0 Å². The van der Waals surface area contributed by atoms with Crippen LogP contribution in [0.25, 0.3) is 0 Å². The molecule has 15 heavy (non-hydrogen) atoms. The molecule has 0 heterocycles. The minimum atomic E-state index is -0.606. The highest BCUT2D eigenvalue weighted by Crippen LogP contribution is 2.29. The van der Waals surface area contributed by atoms with Crippen molar-refractivity contribution in [3.8, 4) is 11.5 Å². The first-order valence-corrected chi connectivity index (χ1v) is 4.46. The second kappa shape index (κ2) is 5.36. The summed E-state index contributed by atoms with van der Waals surface area (Å²) in [6.07, 6.45) is 0.121. The third-order valence-electron chi connectivity index (χ3n) is 2.12. The molecule has 1 aromatic rings. The Balaban J connectivity index is 3.11. The molecule has 0 aromatic heterocycles. The molecule has 0 aliphatic heterocycles. The van der Waals surface area contributed by atoms with Crippen LogP contribution >= 0.6 is 0 Å². The topological polar surface area (TPSA) is 44.8 Å². The number of hydrogen-bond donors (Lipinski definition) is 0. The van der Waals surface area contributed by atoms with Crippen LogP contribution in [0, 0.1) is 0 Å². The van der Waals surface area contributed by atoms with Gasteiger partial charge in [0.1, 0.15) is 17.6 Å². The molecule has 1 aromatic carbocycles. The molecule has 82 valence electrons. The molecule has 1 atom stereocenters. The quantitative estimate of drug-likeness (QED) is 0.692. The first-order valence-electron chi connectivity index (χ1n) is 4.46. The molecule has 4 heteroatoms. The minimum absolute atomic E-state index is 0.577. The van der Waals surface area contributed by atoms with Crippen LogP contribution in [0.4, 0.5) is 0 Å². The second-order valence-electron chi connectivity index (χ2n) is 2.90. The van der Waals surface area contributed by atoms with Crippen LogP contribution in [0.2, 0.25) is 0 Å². The van der Waals surface area contributed by atoms with Crippen molar-refractivity contribution < 1.29 is 19.0 Å². The summed E-state index contributed by atoms with van der Waals surface area (Å²) in [6, 6.07) is 5.22.